The van der Waals surface area contributed by atoms with Crippen molar-refractivity contribution in [2.24, 2.45) is 0 Å². The van der Waals surface area contributed by atoms with Crippen LogP contribution < -0.4 is 9.47 Å². The Morgan fingerprint density at radius 2 is 2.03 bits per heavy atom. The van der Waals surface area contributed by atoms with Crippen molar-refractivity contribution in [1.29, 1.82) is 0 Å². The van der Waals surface area contributed by atoms with Crippen LogP contribution in [0.3, 0.4) is 0 Å². The van der Waals surface area contributed by atoms with Crippen molar-refractivity contribution < 1.29 is 23.2 Å². The van der Waals surface area contributed by atoms with Gasteiger partial charge in [0.1, 0.15) is 6.33 Å². The summed E-state index contributed by atoms with van der Waals surface area (Å²) in [6.07, 6.45) is 1.52. The third-order valence-corrected chi connectivity index (χ3v) is 4.13. The van der Waals surface area contributed by atoms with Gasteiger partial charge in [-0.05, 0) is 24.7 Å². The molecule has 9 nitrogen and oxygen atoms in total. The smallest absolute Gasteiger partial charge is 0.387 e. The summed E-state index contributed by atoms with van der Waals surface area (Å²) >= 11 is 0. The molecular formula is C19H19F2N5O4. The molecule has 0 amide bonds. The first kappa shape index (κ1) is 21.1. The lowest BCUT2D eigenvalue weighted by atomic mass is 10.2. The summed E-state index contributed by atoms with van der Waals surface area (Å²) in [4.78, 5) is 16.5. The fourth-order valence-electron chi connectivity index (χ4n) is 2.87. The van der Waals surface area contributed by atoms with Crippen molar-refractivity contribution in [2.45, 2.75) is 19.8 Å². The summed E-state index contributed by atoms with van der Waals surface area (Å²) in [6, 6.07) is 10.9. The lowest BCUT2D eigenvalue weighted by molar-refractivity contribution is -0.384. The molecule has 1 heterocycles. The highest BCUT2D eigenvalue weighted by Gasteiger charge is 2.13. The molecule has 3 rings (SSSR count). The Labute approximate surface area is 170 Å². The topological polar surface area (TPSA) is 95.5 Å². The van der Waals surface area contributed by atoms with Gasteiger partial charge in [0, 0.05) is 24.2 Å². The number of benzene rings is 2. The first-order valence-electron chi connectivity index (χ1n) is 8.80. The van der Waals surface area contributed by atoms with Crippen molar-refractivity contribution in [3.63, 3.8) is 0 Å². The number of alkyl halides is 2. The standard InChI is InChI=1S/C19H19F2N5O4/c1-24(10-13-6-7-16(29-2)17(8-13)30-19(20)21)12-25-11-22-18(23-25)14-4-3-5-15(9-14)26(27)28/h3-9,11,19H,10,12H2,1-2H3. The second-order valence-corrected chi connectivity index (χ2v) is 6.43. The maximum Gasteiger partial charge on any atom is 0.387 e. The van der Waals surface area contributed by atoms with Gasteiger partial charge in [-0.15, -0.1) is 5.10 Å². The Kier molecular flexibility index (Phi) is 6.52. The molecule has 0 saturated carbocycles. The van der Waals surface area contributed by atoms with Crippen molar-refractivity contribution in [3.05, 3.63) is 64.5 Å². The van der Waals surface area contributed by atoms with E-state index in [1.165, 1.54) is 31.6 Å². The van der Waals surface area contributed by atoms with Crippen LogP contribution in [-0.2, 0) is 13.2 Å². The molecule has 0 unspecified atom stereocenters. The zero-order valence-corrected chi connectivity index (χ0v) is 16.2. The number of non-ortho nitro benzene ring substituents is 1. The predicted octanol–water partition coefficient (Wildman–Crippen LogP) is 3.55. The molecule has 0 fully saturated rings. The number of hydrogen-bond donors (Lipinski definition) is 0. The molecule has 0 saturated heterocycles. The van der Waals surface area contributed by atoms with Gasteiger partial charge in [0.25, 0.3) is 5.69 Å². The van der Waals surface area contributed by atoms with E-state index in [0.717, 1.165) is 5.56 Å². The Balaban J connectivity index is 1.68. The van der Waals surface area contributed by atoms with Crippen LogP contribution in [-0.4, -0.2) is 45.4 Å². The molecule has 158 valence electrons. The number of nitro groups is 1. The van der Waals surface area contributed by atoms with E-state index in [2.05, 4.69) is 14.8 Å². The van der Waals surface area contributed by atoms with Gasteiger partial charge in [-0.3, -0.25) is 15.0 Å². The van der Waals surface area contributed by atoms with Gasteiger partial charge < -0.3 is 9.47 Å². The van der Waals surface area contributed by atoms with Gasteiger partial charge in [0.2, 0.25) is 0 Å². The molecule has 0 radical (unpaired) electrons. The molecule has 0 atom stereocenters. The van der Waals surface area contributed by atoms with Crippen molar-refractivity contribution in [2.75, 3.05) is 14.2 Å². The summed E-state index contributed by atoms with van der Waals surface area (Å²) in [5.41, 5.74) is 1.24. The first-order chi connectivity index (χ1) is 14.4. The number of halogens is 2. The molecule has 0 aliphatic heterocycles. The number of nitrogens with zero attached hydrogens (tertiary/aromatic N) is 5. The summed E-state index contributed by atoms with van der Waals surface area (Å²) in [7, 11) is 3.20. The lowest BCUT2D eigenvalue weighted by Gasteiger charge is -2.17. The van der Waals surface area contributed by atoms with Crippen LogP contribution in [0.1, 0.15) is 5.56 Å². The number of aromatic nitrogens is 3. The SMILES string of the molecule is COc1ccc(CN(C)Cn2cnc(-c3cccc([N+](=O)[O-])c3)n2)cc1OC(F)F. The molecule has 0 N–H and O–H groups in total. The molecule has 30 heavy (non-hydrogen) atoms. The van der Waals surface area contributed by atoms with Crippen molar-refractivity contribution in [1.82, 2.24) is 19.7 Å². The highest BCUT2D eigenvalue weighted by Crippen LogP contribution is 2.30. The maximum absolute atomic E-state index is 12.6. The molecular weight excluding hydrogens is 400 g/mol. The molecule has 11 heteroatoms. The normalized spacial score (nSPS) is 11.1. The van der Waals surface area contributed by atoms with Crippen LogP contribution in [0.15, 0.2) is 48.8 Å². The third kappa shape index (κ3) is 5.26. The summed E-state index contributed by atoms with van der Waals surface area (Å²) < 4.78 is 36.3. The highest BCUT2D eigenvalue weighted by atomic mass is 19.3. The molecule has 2 aromatic carbocycles. The van der Waals surface area contributed by atoms with Gasteiger partial charge in [-0.2, -0.15) is 8.78 Å². The van der Waals surface area contributed by atoms with Gasteiger partial charge in [-0.25, -0.2) is 9.67 Å². The Morgan fingerprint density at radius 3 is 2.73 bits per heavy atom. The molecule has 0 aliphatic carbocycles. The average Bonchev–Trinajstić information content (AvgIpc) is 3.16. The molecule has 3 aromatic rings. The molecule has 0 spiro atoms. The zero-order chi connectivity index (χ0) is 21.7. The first-order valence-corrected chi connectivity index (χ1v) is 8.80. The summed E-state index contributed by atoms with van der Waals surface area (Å²) in [5, 5.41) is 15.3. The third-order valence-electron chi connectivity index (χ3n) is 4.13. The van der Waals surface area contributed by atoms with Crippen molar-refractivity contribution in [3.8, 4) is 22.9 Å². The quantitative estimate of drug-likeness (QED) is 0.387. The number of ether oxygens (including phenoxy) is 2. The van der Waals surface area contributed by atoms with Crippen LogP contribution >= 0.6 is 0 Å². The van der Waals surface area contributed by atoms with Gasteiger partial charge >= 0.3 is 6.61 Å². The van der Waals surface area contributed by atoms with Gasteiger partial charge in [0.05, 0.1) is 18.7 Å². The monoisotopic (exact) mass is 419 g/mol. The predicted molar refractivity (Wildman–Crippen MR) is 103 cm³/mol. The van der Waals surface area contributed by atoms with Crippen LogP contribution in [0, 0.1) is 10.1 Å². The van der Waals surface area contributed by atoms with E-state index in [9.17, 15) is 18.9 Å². The Bertz CT molecular complexity index is 1030. The molecule has 0 aliphatic rings. The summed E-state index contributed by atoms with van der Waals surface area (Å²) in [6.45, 7) is -2.16. The lowest BCUT2D eigenvalue weighted by Crippen LogP contribution is -2.22. The van der Waals surface area contributed by atoms with Crippen LogP contribution in [0.2, 0.25) is 0 Å². The van der Waals surface area contributed by atoms with E-state index >= 15 is 0 Å². The summed E-state index contributed by atoms with van der Waals surface area (Å²) in [5.74, 6) is 0.552. The number of methoxy groups -OCH3 is 1. The zero-order valence-electron chi connectivity index (χ0n) is 16.2. The second kappa shape index (κ2) is 9.27. The van der Waals surface area contributed by atoms with Crippen LogP contribution in [0.25, 0.3) is 11.4 Å². The van der Waals surface area contributed by atoms with Gasteiger partial charge in [0.15, 0.2) is 17.3 Å². The van der Waals surface area contributed by atoms with E-state index in [1.807, 2.05) is 11.9 Å². The minimum atomic E-state index is -2.95. The average molecular weight is 419 g/mol. The maximum atomic E-state index is 12.6. The van der Waals surface area contributed by atoms with E-state index in [4.69, 9.17) is 4.74 Å². The minimum absolute atomic E-state index is 0.0351. The van der Waals surface area contributed by atoms with Crippen molar-refractivity contribution >= 4 is 5.69 Å². The Morgan fingerprint density at radius 1 is 1.23 bits per heavy atom. The number of hydrogen-bond acceptors (Lipinski definition) is 7. The van der Waals surface area contributed by atoms with E-state index in [1.54, 1.807) is 28.9 Å². The largest absolute Gasteiger partial charge is 0.493 e. The van der Waals surface area contributed by atoms with E-state index < -0.39 is 11.5 Å². The minimum Gasteiger partial charge on any atom is -0.493 e. The second-order valence-electron chi connectivity index (χ2n) is 6.43. The number of nitro benzene ring substituents is 1. The molecule has 0 bridgehead atoms. The fourth-order valence-corrected chi connectivity index (χ4v) is 2.87. The Hall–Kier alpha value is -3.60. The number of rotatable bonds is 9. The van der Waals surface area contributed by atoms with Gasteiger partial charge in [-0.1, -0.05) is 18.2 Å². The van der Waals surface area contributed by atoms with Crippen LogP contribution in [0.5, 0.6) is 11.5 Å². The fraction of sp³-hybridized carbons (Fsp3) is 0.263. The van der Waals surface area contributed by atoms with Crippen LogP contribution in [0.4, 0.5) is 14.5 Å². The van der Waals surface area contributed by atoms with E-state index in [0.29, 0.717) is 24.6 Å². The highest BCUT2D eigenvalue weighted by molar-refractivity contribution is 5.58. The molecule has 1 aromatic heterocycles. The van der Waals surface area contributed by atoms with E-state index in [-0.39, 0.29) is 17.2 Å².